The summed E-state index contributed by atoms with van der Waals surface area (Å²) in [6, 6.07) is 0.368. The number of hydrogen-bond acceptors (Lipinski definition) is 4. The van der Waals surface area contributed by atoms with Crippen molar-refractivity contribution < 1.29 is 4.79 Å². The van der Waals surface area contributed by atoms with Crippen molar-refractivity contribution in [3.63, 3.8) is 0 Å². The quantitative estimate of drug-likeness (QED) is 0.898. The Labute approximate surface area is 137 Å². The fraction of sp³-hybridized carbons (Fsp3) is 0.800. The zero-order chi connectivity index (χ0) is 14.9. The molecule has 22 heavy (non-hydrogen) atoms. The van der Waals surface area contributed by atoms with E-state index in [0.717, 1.165) is 51.6 Å². The van der Waals surface area contributed by atoms with E-state index in [2.05, 4.69) is 10.1 Å². The summed E-state index contributed by atoms with van der Waals surface area (Å²) >= 11 is 0. The highest BCUT2D eigenvalue weighted by Gasteiger charge is 2.40. The van der Waals surface area contributed by atoms with Crippen LogP contribution in [0.3, 0.4) is 0 Å². The molecule has 2 fully saturated rings. The summed E-state index contributed by atoms with van der Waals surface area (Å²) in [5.41, 5.74) is 6.03. The second-order valence-electron chi connectivity index (χ2n) is 6.74. The highest BCUT2D eigenvalue weighted by molar-refractivity contribution is 5.85. The molecule has 1 saturated heterocycles. The normalized spacial score (nSPS) is 29.9. The minimum absolute atomic E-state index is 0. The van der Waals surface area contributed by atoms with E-state index in [4.69, 9.17) is 5.73 Å². The summed E-state index contributed by atoms with van der Waals surface area (Å²) in [5, 5.41) is 4.20. The van der Waals surface area contributed by atoms with Crippen LogP contribution in [0, 0.1) is 5.92 Å². The van der Waals surface area contributed by atoms with Crippen molar-refractivity contribution >= 4 is 18.3 Å². The lowest BCUT2D eigenvalue weighted by molar-refractivity contribution is -0.140. The molecule has 0 bridgehead atoms. The molecular formula is C15H26ClN5O. The summed E-state index contributed by atoms with van der Waals surface area (Å²) in [7, 11) is 0. The fourth-order valence-electron chi connectivity index (χ4n) is 3.74. The van der Waals surface area contributed by atoms with Crippen LogP contribution in [0.15, 0.2) is 12.7 Å². The molecule has 2 atom stereocenters. The molecule has 2 N–H and O–H groups in total. The van der Waals surface area contributed by atoms with Crippen molar-refractivity contribution in [1.82, 2.24) is 19.7 Å². The van der Waals surface area contributed by atoms with Gasteiger partial charge in [0.1, 0.15) is 12.7 Å². The first kappa shape index (κ1) is 17.2. The standard InChI is InChI=1S/C15H25N5O.ClH/c1-15(16)7-3-2-4-13(15)14(21)19-8-5-12(6-9-19)20-11-17-10-18-20;/h10-13H,2-9,16H2,1H3;1H. The van der Waals surface area contributed by atoms with Crippen LogP contribution in [-0.4, -0.2) is 44.2 Å². The Morgan fingerprint density at radius 3 is 2.59 bits per heavy atom. The summed E-state index contributed by atoms with van der Waals surface area (Å²) in [5.74, 6) is 0.255. The number of carbonyl (C=O) groups is 1. The average molecular weight is 328 g/mol. The molecule has 1 amide bonds. The number of hydrogen-bond donors (Lipinski definition) is 1. The van der Waals surface area contributed by atoms with Gasteiger partial charge < -0.3 is 10.6 Å². The summed E-state index contributed by atoms with van der Waals surface area (Å²) < 4.78 is 1.91. The Balaban J connectivity index is 0.00000176. The average Bonchev–Trinajstić information content (AvgIpc) is 3.00. The highest BCUT2D eigenvalue weighted by atomic mass is 35.5. The molecule has 1 aromatic heterocycles. The zero-order valence-corrected chi connectivity index (χ0v) is 14.0. The Hall–Kier alpha value is -1.14. The molecule has 0 spiro atoms. The summed E-state index contributed by atoms with van der Waals surface area (Å²) in [6.07, 6.45) is 9.39. The minimum atomic E-state index is -0.335. The van der Waals surface area contributed by atoms with Crippen LogP contribution in [0.25, 0.3) is 0 Å². The molecule has 2 heterocycles. The van der Waals surface area contributed by atoms with Gasteiger partial charge in [0.05, 0.1) is 12.0 Å². The number of likely N-dealkylation sites (tertiary alicyclic amines) is 1. The molecule has 124 valence electrons. The number of nitrogens with zero attached hydrogens (tertiary/aromatic N) is 4. The smallest absolute Gasteiger partial charge is 0.227 e. The Kier molecular flexibility index (Phi) is 5.45. The van der Waals surface area contributed by atoms with Crippen molar-refractivity contribution in [1.29, 1.82) is 0 Å². The first-order valence-corrected chi connectivity index (χ1v) is 8.00. The Morgan fingerprint density at radius 2 is 2.00 bits per heavy atom. The molecule has 1 aliphatic heterocycles. The van der Waals surface area contributed by atoms with Gasteiger partial charge in [-0.3, -0.25) is 4.79 Å². The van der Waals surface area contributed by atoms with Crippen molar-refractivity contribution in [3.8, 4) is 0 Å². The number of piperidine rings is 1. The number of aromatic nitrogens is 3. The van der Waals surface area contributed by atoms with Gasteiger partial charge in [-0.2, -0.15) is 5.10 Å². The van der Waals surface area contributed by atoms with E-state index in [1.165, 1.54) is 0 Å². The van der Waals surface area contributed by atoms with Gasteiger partial charge in [0.15, 0.2) is 0 Å². The largest absolute Gasteiger partial charge is 0.342 e. The van der Waals surface area contributed by atoms with Gasteiger partial charge in [0, 0.05) is 18.6 Å². The van der Waals surface area contributed by atoms with Crippen LogP contribution in [0.1, 0.15) is 51.5 Å². The molecule has 2 unspecified atom stereocenters. The highest BCUT2D eigenvalue weighted by Crippen LogP contribution is 2.34. The Bertz CT molecular complexity index is 482. The van der Waals surface area contributed by atoms with Gasteiger partial charge >= 0.3 is 0 Å². The number of rotatable bonds is 2. The van der Waals surface area contributed by atoms with Gasteiger partial charge in [-0.15, -0.1) is 12.4 Å². The fourth-order valence-corrected chi connectivity index (χ4v) is 3.74. The van der Waals surface area contributed by atoms with Gasteiger partial charge in [-0.25, -0.2) is 9.67 Å². The van der Waals surface area contributed by atoms with Crippen LogP contribution >= 0.6 is 12.4 Å². The number of carbonyl (C=O) groups excluding carboxylic acids is 1. The number of amides is 1. The maximum Gasteiger partial charge on any atom is 0.227 e. The van der Waals surface area contributed by atoms with Gasteiger partial charge in [-0.1, -0.05) is 12.8 Å². The van der Waals surface area contributed by atoms with E-state index in [0.29, 0.717) is 6.04 Å². The van der Waals surface area contributed by atoms with E-state index in [1.807, 2.05) is 16.5 Å². The van der Waals surface area contributed by atoms with Crippen LogP contribution in [0.2, 0.25) is 0 Å². The van der Waals surface area contributed by atoms with E-state index < -0.39 is 0 Å². The van der Waals surface area contributed by atoms with Crippen molar-refractivity contribution in [2.24, 2.45) is 11.7 Å². The maximum absolute atomic E-state index is 12.8. The monoisotopic (exact) mass is 327 g/mol. The zero-order valence-electron chi connectivity index (χ0n) is 13.1. The van der Waals surface area contributed by atoms with E-state index >= 15 is 0 Å². The van der Waals surface area contributed by atoms with E-state index in [1.54, 1.807) is 12.7 Å². The predicted octanol–water partition coefficient (Wildman–Crippen LogP) is 1.77. The first-order valence-electron chi connectivity index (χ1n) is 8.00. The molecule has 7 heteroatoms. The topological polar surface area (TPSA) is 77.0 Å². The van der Waals surface area contributed by atoms with Gasteiger partial charge in [0.2, 0.25) is 5.91 Å². The lowest BCUT2D eigenvalue weighted by Crippen LogP contribution is -2.54. The van der Waals surface area contributed by atoms with Crippen molar-refractivity contribution in [2.75, 3.05) is 13.1 Å². The lowest BCUT2D eigenvalue weighted by Gasteiger charge is -2.41. The number of nitrogens with two attached hydrogens (primary N) is 1. The first-order chi connectivity index (χ1) is 10.1. The third kappa shape index (κ3) is 3.43. The molecule has 6 nitrogen and oxygen atoms in total. The van der Waals surface area contributed by atoms with Crippen molar-refractivity contribution in [2.45, 2.75) is 57.0 Å². The minimum Gasteiger partial charge on any atom is -0.342 e. The SMILES string of the molecule is CC1(N)CCCCC1C(=O)N1CCC(n2cncn2)CC1.Cl. The molecule has 1 aromatic rings. The van der Waals surface area contributed by atoms with Crippen molar-refractivity contribution in [3.05, 3.63) is 12.7 Å². The third-order valence-corrected chi connectivity index (χ3v) is 5.14. The second kappa shape index (κ2) is 6.96. The second-order valence-corrected chi connectivity index (χ2v) is 6.74. The van der Waals surface area contributed by atoms with Crippen LogP contribution in [-0.2, 0) is 4.79 Å². The third-order valence-electron chi connectivity index (χ3n) is 5.14. The predicted molar refractivity (Wildman–Crippen MR) is 86.7 cm³/mol. The molecule has 1 aliphatic carbocycles. The van der Waals surface area contributed by atoms with E-state index in [9.17, 15) is 4.79 Å². The molecule has 3 rings (SSSR count). The van der Waals surface area contributed by atoms with Crippen LogP contribution in [0.5, 0.6) is 0 Å². The van der Waals surface area contributed by atoms with Gasteiger partial charge in [-0.05, 0) is 32.6 Å². The van der Waals surface area contributed by atoms with Gasteiger partial charge in [0.25, 0.3) is 0 Å². The van der Waals surface area contributed by atoms with Crippen LogP contribution in [0.4, 0.5) is 0 Å². The summed E-state index contributed by atoms with van der Waals surface area (Å²) in [6.45, 7) is 3.64. The molecule has 0 aromatic carbocycles. The maximum atomic E-state index is 12.8. The van der Waals surface area contributed by atoms with Crippen LogP contribution < -0.4 is 5.73 Å². The molecule has 0 radical (unpaired) electrons. The molecule has 1 saturated carbocycles. The van der Waals surface area contributed by atoms with E-state index in [-0.39, 0.29) is 29.8 Å². The number of halogens is 1. The Morgan fingerprint density at radius 1 is 1.27 bits per heavy atom. The summed E-state index contributed by atoms with van der Waals surface area (Å²) in [4.78, 5) is 18.8. The molecule has 2 aliphatic rings. The molecular weight excluding hydrogens is 302 g/mol. The lowest BCUT2D eigenvalue weighted by atomic mass is 9.74.